The molecule has 0 aromatic carbocycles. The van der Waals surface area contributed by atoms with Crippen molar-refractivity contribution < 1.29 is 4.74 Å². The summed E-state index contributed by atoms with van der Waals surface area (Å²) in [6, 6.07) is 4.67. The van der Waals surface area contributed by atoms with Crippen molar-refractivity contribution in [2.45, 2.75) is 38.0 Å². The normalized spacial score (nSPS) is 31.5. The van der Waals surface area contributed by atoms with Crippen molar-refractivity contribution in [1.82, 2.24) is 10.3 Å². The zero-order valence-electron chi connectivity index (χ0n) is 9.31. The molecule has 1 N–H and O–H groups in total. The van der Waals surface area contributed by atoms with Crippen LogP contribution < -0.4 is 5.32 Å². The number of hydrogen-bond acceptors (Lipinski definition) is 3. The van der Waals surface area contributed by atoms with Crippen molar-refractivity contribution >= 4 is 0 Å². The first kappa shape index (κ1) is 10.6. The van der Waals surface area contributed by atoms with E-state index in [2.05, 4.69) is 23.3 Å². The highest BCUT2D eigenvalue weighted by Crippen LogP contribution is 2.29. The molecule has 1 aliphatic heterocycles. The average Bonchev–Trinajstić information content (AvgIpc) is 2.29. The summed E-state index contributed by atoms with van der Waals surface area (Å²) in [5.41, 5.74) is 1.33. The number of piperidine rings is 1. The van der Waals surface area contributed by atoms with Crippen LogP contribution >= 0.6 is 0 Å². The maximum Gasteiger partial charge on any atom is 0.108 e. The molecule has 1 aromatic heterocycles. The molecule has 2 heterocycles. The minimum absolute atomic E-state index is 0.180. The monoisotopic (exact) mass is 206 g/mol. The Bertz CT molecular complexity index is 302. The maximum atomic E-state index is 5.38. The van der Waals surface area contributed by atoms with Gasteiger partial charge in [-0.2, -0.15) is 0 Å². The number of hydrogen-bond donors (Lipinski definition) is 1. The van der Waals surface area contributed by atoms with Gasteiger partial charge >= 0.3 is 0 Å². The van der Waals surface area contributed by atoms with E-state index >= 15 is 0 Å². The molecule has 0 amide bonds. The lowest BCUT2D eigenvalue weighted by Crippen LogP contribution is -2.44. The molecule has 0 bridgehead atoms. The van der Waals surface area contributed by atoms with E-state index in [0.29, 0.717) is 12.0 Å². The summed E-state index contributed by atoms with van der Waals surface area (Å²) in [6.07, 6.45) is 6.16. The molecule has 3 unspecified atom stereocenters. The molecule has 1 aromatic rings. The summed E-state index contributed by atoms with van der Waals surface area (Å²) in [7, 11) is 1.76. The largest absolute Gasteiger partial charge is 0.367 e. The van der Waals surface area contributed by atoms with Gasteiger partial charge in [0.15, 0.2) is 0 Å². The SMILES string of the molecule is COC1CC(c2cccnc2)CC(C)N1. The third-order valence-electron chi connectivity index (χ3n) is 3.05. The van der Waals surface area contributed by atoms with E-state index in [1.807, 2.05) is 18.5 Å². The molecular formula is C12H18N2O. The van der Waals surface area contributed by atoms with E-state index in [9.17, 15) is 0 Å². The van der Waals surface area contributed by atoms with Gasteiger partial charge < -0.3 is 4.74 Å². The number of rotatable bonds is 2. The van der Waals surface area contributed by atoms with Gasteiger partial charge in [-0.25, -0.2) is 0 Å². The second kappa shape index (κ2) is 4.73. The predicted octanol–water partition coefficient (Wildman–Crippen LogP) is 1.91. The Balaban J connectivity index is 2.09. The molecule has 82 valence electrons. The number of pyridine rings is 1. The van der Waals surface area contributed by atoms with Gasteiger partial charge in [0.25, 0.3) is 0 Å². The van der Waals surface area contributed by atoms with Gasteiger partial charge in [-0.15, -0.1) is 0 Å². The number of aromatic nitrogens is 1. The predicted molar refractivity (Wildman–Crippen MR) is 59.6 cm³/mol. The van der Waals surface area contributed by atoms with Crippen LogP contribution in [0.3, 0.4) is 0 Å². The highest BCUT2D eigenvalue weighted by molar-refractivity contribution is 5.16. The van der Waals surface area contributed by atoms with Crippen LogP contribution in [0.5, 0.6) is 0 Å². The molecule has 0 spiro atoms. The van der Waals surface area contributed by atoms with Crippen molar-refractivity contribution in [3.05, 3.63) is 30.1 Å². The van der Waals surface area contributed by atoms with Gasteiger partial charge in [0.2, 0.25) is 0 Å². The molecule has 3 atom stereocenters. The highest BCUT2D eigenvalue weighted by atomic mass is 16.5. The minimum atomic E-state index is 0.180. The zero-order chi connectivity index (χ0) is 10.7. The van der Waals surface area contributed by atoms with Crippen molar-refractivity contribution in [3.63, 3.8) is 0 Å². The molecule has 3 nitrogen and oxygen atoms in total. The summed E-state index contributed by atoms with van der Waals surface area (Å²) in [6.45, 7) is 2.20. The number of nitrogens with one attached hydrogen (secondary N) is 1. The van der Waals surface area contributed by atoms with E-state index in [-0.39, 0.29) is 6.23 Å². The van der Waals surface area contributed by atoms with Crippen molar-refractivity contribution in [3.8, 4) is 0 Å². The van der Waals surface area contributed by atoms with Gasteiger partial charge in [0, 0.05) is 25.5 Å². The highest BCUT2D eigenvalue weighted by Gasteiger charge is 2.26. The lowest BCUT2D eigenvalue weighted by atomic mass is 9.87. The van der Waals surface area contributed by atoms with Crippen LogP contribution in [0.25, 0.3) is 0 Å². The smallest absolute Gasteiger partial charge is 0.108 e. The van der Waals surface area contributed by atoms with Gasteiger partial charge in [-0.05, 0) is 37.3 Å². The molecule has 1 fully saturated rings. The first-order valence-corrected chi connectivity index (χ1v) is 5.48. The second-order valence-electron chi connectivity index (χ2n) is 4.25. The third kappa shape index (κ3) is 2.55. The number of nitrogens with zero attached hydrogens (tertiary/aromatic N) is 1. The molecule has 15 heavy (non-hydrogen) atoms. The molecular weight excluding hydrogens is 188 g/mol. The van der Waals surface area contributed by atoms with Crippen molar-refractivity contribution in [1.29, 1.82) is 0 Å². The lowest BCUT2D eigenvalue weighted by Gasteiger charge is -2.33. The van der Waals surface area contributed by atoms with E-state index < -0.39 is 0 Å². The van der Waals surface area contributed by atoms with Gasteiger partial charge in [0.05, 0.1) is 0 Å². The average molecular weight is 206 g/mol. The van der Waals surface area contributed by atoms with Crippen LogP contribution in [0.15, 0.2) is 24.5 Å². The second-order valence-corrected chi connectivity index (χ2v) is 4.25. The molecule has 1 aliphatic rings. The lowest BCUT2D eigenvalue weighted by molar-refractivity contribution is 0.0314. The molecule has 1 saturated heterocycles. The van der Waals surface area contributed by atoms with Crippen LogP contribution in [-0.2, 0) is 4.74 Å². The third-order valence-corrected chi connectivity index (χ3v) is 3.05. The van der Waals surface area contributed by atoms with Crippen LogP contribution in [0.1, 0.15) is 31.2 Å². The van der Waals surface area contributed by atoms with Crippen LogP contribution in [-0.4, -0.2) is 24.4 Å². The Kier molecular flexibility index (Phi) is 3.34. The zero-order valence-corrected chi connectivity index (χ0v) is 9.31. The molecule has 0 saturated carbocycles. The molecule has 3 heteroatoms. The van der Waals surface area contributed by atoms with Crippen molar-refractivity contribution in [2.24, 2.45) is 0 Å². The van der Waals surface area contributed by atoms with E-state index in [1.54, 1.807) is 7.11 Å². The van der Waals surface area contributed by atoms with Gasteiger partial charge in [-0.1, -0.05) is 6.07 Å². The van der Waals surface area contributed by atoms with E-state index in [0.717, 1.165) is 12.8 Å². The summed E-state index contributed by atoms with van der Waals surface area (Å²) in [5.74, 6) is 0.569. The van der Waals surface area contributed by atoms with Gasteiger partial charge in [0.1, 0.15) is 6.23 Å². The number of ether oxygens (including phenoxy) is 1. The van der Waals surface area contributed by atoms with E-state index in [1.165, 1.54) is 5.56 Å². The van der Waals surface area contributed by atoms with Gasteiger partial charge in [-0.3, -0.25) is 10.3 Å². The molecule has 0 aliphatic carbocycles. The van der Waals surface area contributed by atoms with E-state index in [4.69, 9.17) is 4.74 Å². The van der Waals surface area contributed by atoms with Crippen molar-refractivity contribution in [2.75, 3.05) is 7.11 Å². The fourth-order valence-electron chi connectivity index (χ4n) is 2.29. The first-order valence-electron chi connectivity index (χ1n) is 5.48. The summed E-state index contributed by atoms with van der Waals surface area (Å²) in [4.78, 5) is 4.17. The van der Waals surface area contributed by atoms with Crippen LogP contribution in [0.2, 0.25) is 0 Å². The Labute approximate surface area is 90.9 Å². The maximum absolute atomic E-state index is 5.38. The fourth-order valence-corrected chi connectivity index (χ4v) is 2.29. The van der Waals surface area contributed by atoms with Crippen LogP contribution in [0, 0.1) is 0 Å². The Morgan fingerprint density at radius 1 is 1.47 bits per heavy atom. The minimum Gasteiger partial charge on any atom is -0.367 e. The summed E-state index contributed by atoms with van der Waals surface area (Å²) < 4.78 is 5.38. The Morgan fingerprint density at radius 3 is 3.00 bits per heavy atom. The quantitative estimate of drug-likeness (QED) is 0.802. The standard InChI is InChI=1S/C12H18N2O/c1-9-6-11(7-12(14-9)15-2)10-4-3-5-13-8-10/h3-5,8-9,11-12,14H,6-7H2,1-2H3. The van der Waals surface area contributed by atoms with Crippen LogP contribution in [0.4, 0.5) is 0 Å². The Morgan fingerprint density at radius 2 is 2.33 bits per heavy atom. The summed E-state index contributed by atoms with van der Waals surface area (Å²) in [5, 5.41) is 3.42. The topological polar surface area (TPSA) is 34.1 Å². The first-order chi connectivity index (χ1) is 7.29. The fraction of sp³-hybridized carbons (Fsp3) is 0.583. The number of methoxy groups -OCH3 is 1. The Hall–Kier alpha value is -0.930. The molecule has 0 radical (unpaired) electrons. The summed E-state index contributed by atoms with van der Waals surface area (Å²) >= 11 is 0. The molecule has 2 rings (SSSR count).